The summed E-state index contributed by atoms with van der Waals surface area (Å²) >= 11 is 0. The van der Waals surface area contributed by atoms with E-state index in [-0.39, 0.29) is 11.9 Å². The molecule has 5 heteroatoms. The Balaban J connectivity index is 3.77. The Morgan fingerprint density at radius 1 is 1.35 bits per heavy atom. The van der Waals surface area contributed by atoms with Crippen LogP contribution in [0.2, 0.25) is 0 Å². The minimum Gasteiger partial charge on any atom is -0.453 e. The van der Waals surface area contributed by atoms with Gasteiger partial charge in [-0.25, -0.2) is 4.79 Å². The summed E-state index contributed by atoms with van der Waals surface area (Å²) in [5.74, 6) is 0.109. The molecule has 0 aromatic rings. The van der Waals surface area contributed by atoms with Crippen LogP contribution in [0.1, 0.15) is 34.1 Å². The number of Topliss-reactive ketones (excluding diaryl/α,β-unsaturated/α-hetero) is 1. The van der Waals surface area contributed by atoms with Crippen LogP contribution in [0.25, 0.3) is 0 Å². The second-order valence-electron chi connectivity index (χ2n) is 4.77. The molecule has 0 bridgehead atoms. The third-order valence-electron chi connectivity index (χ3n) is 2.69. The van der Waals surface area contributed by atoms with Gasteiger partial charge in [-0.15, -0.1) is 0 Å². The van der Waals surface area contributed by atoms with Gasteiger partial charge in [-0.2, -0.15) is 0 Å². The normalized spacial score (nSPS) is 13.0. The molecule has 17 heavy (non-hydrogen) atoms. The summed E-state index contributed by atoms with van der Waals surface area (Å²) in [6, 6.07) is 0. The van der Waals surface area contributed by atoms with Crippen LogP contribution in [0.5, 0.6) is 0 Å². The third-order valence-corrected chi connectivity index (χ3v) is 2.69. The molecular weight excluding hydrogens is 222 g/mol. The molecule has 0 heterocycles. The molecule has 0 radical (unpaired) electrons. The maximum absolute atomic E-state index is 11.3. The first-order chi connectivity index (χ1) is 7.79. The highest BCUT2D eigenvalue weighted by molar-refractivity contribution is 5.81. The van der Waals surface area contributed by atoms with E-state index in [1.807, 2.05) is 20.8 Å². The first-order valence-corrected chi connectivity index (χ1v) is 5.74. The van der Waals surface area contributed by atoms with Crippen molar-refractivity contribution in [3.05, 3.63) is 0 Å². The first kappa shape index (κ1) is 15.9. The molecule has 0 saturated carbocycles. The maximum Gasteiger partial charge on any atom is 0.406 e. The summed E-state index contributed by atoms with van der Waals surface area (Å²) in [6.07, 6.45) is 0.232. The lowest BCUT2D eigenvalue weighted by atomic mass is 9.90. The van der Waals surface area contributed by atoms with Gasteiger partial charge in [-0.05, 0) is 20.3 Å². The zero-order valence-electron chi connectivity index (χ0n) is 11.3. The average molecular weight is 245 g/mol. The molecule has 0 spiro atoms. The van der Waals surface area contributed by atoms with Crippen LogP contribution in [-0.4, -0.2) is 38.2 Å². The topological polar surface area (TPSA) is 64.6 Å². The fraction of sp³-hybridized carbons (Fsp3) is 0.833. The summed E-state index contributed by atoms with van der Waals surface area (Å²) in [5.41, 5.74) is -0.454. The molecule has 100 valence electrons. The molecule has 0 rings (SSSR count). The number of amides is 1. The zero-order valence-corrected chi connectivity index (χ0v) is 11.3. The van der Waals surface area contributed by atoms with Crippen molar-refractivity contribution in [1.82, 2.24) is 5.32 Å². The number of rotatable bonds is 7. The van der Waals surface area contributed by atoms with E-state index in [1.165, 1.54) is 7.11 Å². The van der Waals surface area contributed by atoms with Crippen LogP contribution >= 0.6 is 0 Å². The minimum absolute atomic E-state index is 0.00854. The van der Waals surface area contributed by atoms with E-state index in [0.29, 0.717) is 19.6 Å². The highest BCUT2D eigenvalue weighted by Gasteiger charge is 2.24. The predicted molar refractivity (Wildman–Crippen MR) is 64.9 cm³/mol. The monoisotopic (exact) mass is 245 g/mol. The Labute approximate surface area is 103 Å². The van der Waals surface area contributed by atoms with E-state index in [4.69, 9.17) is 4.74 Å². The molecule has 1 unspecified atom stereocenters. The summed E-state index contributed by atoms with van der Waals surface area (Å²) in [7, 11) is 1.32. The van der Waals surface area contributed by atoms with E-state index in [0.717, 1.165) is 0 Å². The molecule has 1 amide bonds. The lowest BCUT2D eigenvalue weighted by Gasteiger charge is -2.23. The quantitative estimate of drug-likeness (QED) is 0.742. The lowest BCUT2D eigenvalue weighted by Crippen LogP contribution is -2.31. The zero-order chi connectivity index (χ0) is 13.5. The molecule has 1 N–H and O–H groups in total. The first-order valence-electron chi connectivity index (χ1n) is 5.74. The van der Waals surface area contributed by atoms with Gasteiger partial charge < -0.3 is 14.8 Å². The fourth-order valence-electron chi connectivity index (χ4n) is 0.985. The fourth-order valence-corrected chi connectivity index (χ4v) is 0.985. The van der Waals surface area contributed by atoms with Crippen LogP contribution in [-0.2, 0) is 14.3 Å². The molecule has 0 aliphatic heterocycles. The number of ether oxygens (including phenoxy) is 2. The Morgan fingerprint density at radius 2 is 1.94 bits per heavy atom. The van der Waals surface area contributed by atoms with Gasteiger partial charge in [0.05, 0.1) is 19.8 Å². The van der Waals surface area contributed by atoms with Crippen LogP contribution in [0.4, 0.5) is 4.79 Å². The maximum atomic E-state index is 11.3. The second kappa shape index (κ2) is 7.27. The Hall–Kier alpha value is -1.10. The van der Waals surface area contributed by atoms with Crippen molar-refractivity contribution in [2.45, 2.75) is 40.2 Å². The van der Waals surface area contributed by atoms with Gasteiger partial charge >= 0.3 is 6.09 Å². The summed E-state index contributed by atoms with van der Waals surface area (Å²) in [4.78, 5) is 22.0. The molecule has 0 saturated heterocycles. The number of methoxy groups -OCH3 is 1. The highest BCUT2D eigenvalue weighted by Crippen LogP contribution is 2.17. The molecule has 0 aliphatic rings. The SMILES string of the molecule is COC(=O)NCCC(C)OCC(C)(C)C(C)=O. The van der Waals surface area contributed by atoms with E-state index in [9.17, 15) is 9.59 Å². The molecule has 0 aromatic heterocycles. The number of alkyl carbamates (subject to hydrolysis) is 1. The van der Waals surface area contributed by atoms with E-state index in [2.05, 4.69) is 10.1 Å². The van der Waals surface area contributed by atoms with Crippen LogP contribution in [0.3, 0.4) is 0 Å². The standard InChI is InChI=1S/C12H23NO4/c1-9(6-7-13-11(15)16-5)17-8-12(3,4)10(2)14/h9H,6-8H2,1-5H3,(H,13,15). The van der Waals surface area contributed by atoms with Gasteiger partial charge in [-0.1, -0.05) is 13.8 Å². The van der Waals surface area contributed by atoms with Crippen molar-refractivity contribution in [3.8, 4) is 0 Å². The number of hydrogen-bond donors (Lipinski definition) is 1. The lowest BCUT2D eigenvalue weighted by molar-refractivity contribution is -0.129. The Bertz CT molecular complexity index is 263. The smallest absolute Gasteiger partial charge is 0.406 e. The molecule has 0 aliphatic carbocycles. The molecular formula is C12H23NO4. The average Bonchev–Trinajstić information content (AvgIpc) is 2.26. The van der Waals surface area contributed by atoms with Crippen LogP contribution in [0, 0.1) is 5.41 Å². The molecule has 1 atom stereocenters. The van der Waals surface area contributed by atoms with Gasteiger partial charge in [0.25, 0.3) is 0 Å². The summed E-state index contributed by atoms with van der Waals surface area (Å²) < 4.78 is 10.0. The van der Waals surface area contributed by atoms with Crippen molar-refractivity contribution < 1.29 is 19.1 Å². The highest BCUT2D eigenvalue weighted by atomic mass is 16.5. The van der Waals surface area contributed by atoms with Crippen molar-refractivity contribution in [2.24, 2.45) is 5.41 Å². The van der Waals surface area contributed by atoms with Crippen molar-refractivity contribution >= 4 is 11.9 Å². The molecule has 0 aromatic carbocycles. The number of nitrogens with one attached hydrogen (secondary N) is 1. The molecule has 5 nitrogen and oxygen atoms in total. The van der Waals surface area contributed by atoms with E-state index < -0.39 is 11.5 Å². The van der Waals surface area contributed by atoms with Crippen molar-refractivity contribution in [2.75, 3.05) is 20.3 Å². The minimum atomic E-state index is -0.454. The number of carbonyl (C=O) groups is 2. The number of hydrogen-bond acceptors (Lipinski definition) is 4. The summed E-state index contributed by atoms with van der Waals surface area (Å²) in [6.45, 7) is 8.07. The van der Waals surface area contributed by atoms with Crippen molar-refractivity contribution in [1.29, 1.82) is 0 Å². The largest absolute Gasteiger partial charge is 0.453 e. The van der Waals surface area contributed by atoms with E-state index >= 15 is 0 Å². The van der Waals surface area contributed by atoms with Gasteiger partial charge in [0, 0.05) is 12.0 Å². The van der Waals surface area contributed by atoms with Crippen LogP contribution in [0.15, 0.2) is 0 Å². The number of carbonyl (C=O) groups excluding carboxylic acids is 2. The summed E-state index contributed by atoms with van der Waals surface area (Å²) in [5, 5.41) is 2.58. The third kappa shape index (κ3) is 6.94. The van der Waals surface area contributed by atoms with Crippen LogP contribution < -0.4 is 5.32 Å². The Kier molecular flexibility index (Phi) is 6.80. The van der Waals surface area contributed by atoms with Gasteiger partial charge in [0.15, 0.2) is 0 Å². The Morgan fingerprint density at radius 3 is 2.41 bits per heavy atom. The van der Waals surface area contributed by atoms with E-state index in [1.54, 1.807) is 6.92 Å². The van der Waals surface area contributed by atoms with Gasteiger partial charge in [-0.3, -0.25) is 4.79 Å². The van der Waals surface area contributed by atoms with Gasteiger partial charge in [0.2, 0.25) is 0 Å². The molecule has 0 fully saturated rings. The predicted octanol–water partition coefficient (Wildman–Crippen LogP) is 1.75. The van der Waals surface area contributed by atoms with Gasteiger partial charge in [0.1, 0.15) is 5.78 Å². The van der Waals surface area contributed by atoms with Crippen molar-refractivity contribution in [3.63, 3.8) is 0 Å². The number of ketones is 1. The second-order valence-corrected chi connectivity index (χ2v) is 4.77.